The van der Waals surface area contributed by atoms with Gasteiger partial charge in [-0.15, -0.1) is 11.3 Å². The first-order valence-electron chi connectivity index (χ1n) is 3.11. The molecule has 11 heavy (non-hydrogen) atoms. The fourth-order valence-corrected chi connectivity index (χ4v) is 1.69. The van der Waals surface area contributed by atoms with Gasteiger partial charge in [0.1, 0.15) is 7.11 Å². The molecule has 0 unspecified atom stereocenters. The highest BCUT2D eigenvalue weighted by molar-refractivity contribution is 7.10. The van der Waals surface area contributed by atoms with Crippen LogP contribution in [0.1, 0.15) is 4.88 Å². The van der Waals surface area contributed by atoms with Gasteiger partial charge in [0.25, 0.3) is 0 Å². The summed E-state index contributed by atoms with van der Waals surface area (Å²) in [7, 11) is 1.48. The van der Waals surface area contributed by atoms with E-state index in [9.17, 15) is 0 Å². The molecule has 1 rings (SSSR count). The zero-order valence-electron chi connectivity index (χ0n) is 6.08. The molecule has 0 saturated carbocycles. The van der Waals surface area contributed by atoms with E-state index in [-0.39, 0.29) is 0 Å². The molecular weight excluding hydrogens is 182 g/mol. The first kappa shape index (κ1) is 8.56. The molecule has 0 atom stereocenters. The second-order valence-electron chi connectivity index (χ2n) is 1.91. The molecule has 0 saturated heterocycles. The van der Waals surface area contributed by atoms with Crippen molar-refractivity contribution >= 4 is 28.1 Å². The molecular formula is C7H8ClNOS. The molecule has 1 aromatic rings. The molecule has 0 aliphatic heterocycles. The summed E-state index contributed by atoms with van der Waals surface area (Å²) >= 11 is 7.36. The number of nitrogens with zero attached hydrogens (tertiary/aromatic N) is 1. The lowest BCUT2D eigenvalue weighted by Gasteiger charge is -1.92. The lowest BCUT2D eigenvalue weighted by molar-refractivity contribution is 0.214. The smallest absolute Gasteiger partial charge is 0.150 e. The van der Waals surface area contributed by atoms with Crippen LogP contribution in [-0.2, 0) is 11.3 Å². The van der Waals surface area contributed by atoms with Gasteiger partial charge < -0.3 is 4.84 Å². The van der Waals surface area contributed by atoms with Gasteiger partial charge in [0.15, 0.2) is 5.17 Å². The number of halogens is 1. The summed E-state index contributed by atoms with van der Waals surface area (Å²) in [4.78, 5) is 5.70. The third-order valence-electron chi connectivity index (χ3n) is 1.09. The van der Waals surface area contributed by atoms with E-state index in [4.69, 9.17) is 11.6 Å². The van der Waals surface area contributed by atoms with Gasteiger partial charge in [-0.1, -0.05) is 22.8 Å². The normalized spacial score (nSPS) is 11.6. The first-order valence-corrected chi connectivity index (χ1v) is 4.36. The van der Waals surface area contributed by atoms with Crippen LogP contribution in [0.5, 0.6) is 0 Å². The third kappa shape index (κ3) is 2.91. The molecule has 1 heterocycles. The highest BCUT2D eigenvalue weighted by atomic mass is 35.5. The zero-order valence-corrected chi connectivity index (χ0v) is 7.65. The Morgan fingerprint density at radius 2 is 2.64 bits per heavy atom. The summed E-state index contributed by atoms with van der Waals surface area (Å²) in [5.74, 6) is 0. The van der Waals surface area contributed by atoms with Crippen LogP contribution in [0.15, 0.2) is 22.7 Å². The Labute approximate surface area is 74.4 Å². The zero-order chi connectivity index (χ0) is 8.10. The van der Waals surface area contributed by atoms with Crippen molar-refractivity contribution in [2.24, 2.45) is 5.16 Å². The van der Waals surface area contributed by atoms with Crippen LogP contribution in [0.25, 0.3) is 0 Å². The summed E-state index contributed by atoms with van der Waals surface area (Å²) in [5, 5.41) is 6.08. The predicted molar refractivity (Wildman–Crippen MR) is 48.3 cm³/mol. The maximum atomic E-state index is 5.70. The monoisotopic (exact) mass is 189 g/mol. The predicted octanol–water partition coefficient (Wildman–Crippen LogP) is 2.49. The highest BCUT2D eigenvalue weighted by Gasteiger charge is 1.98. The highest BCUT2D eigenvalue weighted by Crippen LogP contribution is 2.10. The number of rotatable bonds is 3. The van der Waals surface area contributed by atoms with E-state index < -0.39 is 0 Å². The van der Waals surface area contributed by atoms with Crippen LogP contribution in [0.2, 0.25) is 0 Å². The van der Waals surface area contributed by atoms with Gasteiger partial charge in [-0.2, -0.15) is 0 Å². The van der Waals surface area contributed by atoms with Gasteiger partial charge in [-0.3, -0.25) is 0 Å². The lowest BCUT2D eigenvalue weighted by Crippen LogP contribution is -1.91. The molecule has 60 valence electrons. The van der Waals surface area contributed by atoms with E-state index >= 15 is 0 Å². The third-order valence-corrected chi connectivity index (χ3v) is 2.17. The average Bonchev–Trinajstić information content (AvgIpc) is 2.40. The van der Waals surface area contributed by atoms with Crippen LogP contribution in [0.3, 0.4) is 0 Å². The quantitative estimate of drug-likeness (QED) is 0.529. The molecule has 0 spiro atoms. The second-order valence-corrected chi connectivity index (χ2v) is 3.37. The van der Waals surface area contributed by atoms with Crippen molar-refractivity contribution in [3.63, 3.8) is 0 Å². The average molecular weight is 190 g/mol. The molecule has 0 aliphatic carbocycles. The van der Waals surface area contributed by atoms with Crippen molar-refractivity contribution in [2.45, 2.75) is 6.42 Å². The number of thiophene rings is 1. The largest absolute Gasteiger partial charge is 0.398 e. The minimum absolute atomic E-state index is 0.481. The van der Waals surface area contributed by atoms with Crippen molar-refractivity contribution in [2.75, 3.05) is 7.11 Å². The Hall–Kier alpha value is -0.540. The number of oxime groups is 1. The minimum Gasteiger partial charge on any atom is -0.398 e. The van der Waals surface area contributed by atoms with Gasteiger partial charge in [-0.25, -0.2) is 0 Å². The maximum absolute atomic E-state index is 5.70. The fourth-order valence-electron chi connectivity index (χ4n) is 0.688. The van der Waals surface area contributed by atoms with E-state index in [1.54, 1.807) is 11.3 Å². The van der Waals surface area contributed by atoms with E-state index in [2.05, 4.69) is 9.99 Å². The van der Waals surface area contributed by atoms with Crippen molar-refractivity contribution in [1.29, 1.82) is 0 Å². The molecule has 0 aromatic carbocycles. The van der Waals surface area contributed by atoms with E-state index in [1.807, 2.05) is 17.5 Å². The Morgan fingerprint density at radius 1 is 1.82 bits per heavy atom. The van der Waals surface area contributed by atoms with Gasteiger partial charge in [0.2, 0.25) is 0 Å². The molecule has 0 amide bonds. The molecule has 0 N–H and O–H groups in total. The summed E-state index contributed by atoms with van der Waals surface area (Å²) in [6.07, 6.45) is 0.660. The van der Waals surface area contributed by atoms with Gasteiger partial charge in [0, 0.05) is 11.3 Å². The van der Waals surface area contributed by atoms with Crippen LogP contribution < -0.4 is 0 Å². The van der Waals surface area contributed by atoms with E-state index in [0.29, 0.717) is 11.6 Å². The van der Waals surface area contributed by atoms with Crippen LogP contribution in [0.4, 0.5) is 0 Å². The van der Waals surface area contributed by atoms with Gasteiger partial charge >= 0.3 is 0 Å². The summed E-state index contributed by atoms with van der Waals surface area (Å²) in [6, 6.07) is 4.00. The lowest BCUT2D eigenvalue weighted by atomic mass is 10.4. The second kappa shape index (κ2) is 4.36. The number of hydrogen-bond acceptors (Lipinski definition) is 3. The molecule has 0 fully saturated rings. The molecule has 2 nitrogen and oxygen atoms in total. The molecule has 0 bridgehead atoms. The molecule has 0 radical (unpaired) electrons. The van der Waals surface area contributed by atoms with Crippen molar-refractivity contribution in [3.8, 4) is 0 Å². The summed E-state index contributed by atoms with van der Waals surface area (Å²) in [5.41, 5.74) is 0. The van der Waals surface area contributed by atoms with Crippen molar-refractivity contribution in [1.82, 2.24) is 0 Å². The Bertz CT molecular complexity index is 233. The Balaban J connectivity index is 2.50. The van der Waals surface area contributed by atoms with E-state index in [0.717, 1.165) is 0 Å². The summed E-state index contributed by atoms with van der Waals surface area (Å²) < 4.78 is 0. The first-order chi connectivity index (χ1) is 5.33. The van der Waals surface area contributed by atoms with Gasteiger partial charge in [-0.05, 0) is 11.4 Å². The fraction of sp³-hybridized carbons (Fsp3) is 0.286. The van der Waals surface area contributed by atoms with Crippen molar-refractivity contribution in [3.05, 3.63) is 22.4 Å². The van der Waals surface area contributed by atoms with Crippen molar-refractivity contribution < 1.29 is 4.84 Å². The van der Waals surface area contributed by atoms with Gasteiger partial charge in [0.05, 0.1) is 0 Å². The summed E-state index contributed by atoms with van der Waals surface area (Å²) in [6.45, 7) is 0. The topological polar surface area (TPSA) is 21.6 Å². The Kier molecular flexibility index (Phi) is 3.39. The SMILES string of the molecule is CON=C(Cl)Cc1cccs1. The van der Waals surface area contributed by atoms with Crippen LogP contribution >= 0.6 is 22.9 Å². The molecule has 0 aliphatic rings. The minimum atomic E-state index is 0.481. The van der Waals surface area contributed by atoms with E-state index in [1.165, 1.54) is 12.0 Å². The maximum Gasteiger partial charge on any atom is 0.150 e. The molecule has 1 aromatic heterocycles. The standard InChI is InChI=1S/C7H8ClNOS/c1-10-9-7(8)5-6-3-2-4-11-6/h2-4H,5H2,1H3. The van der Waals surface area contributed by atoms with Crippen LogP contribution in [0, 0.1) is 0 Å². The Morgan fingerprint density at radius 3 is 3.18 bits per heavy atom. The van der Waals surface area contributed by atoms with Crippen LogP contribution in [-0.4, -0.2) is 12.3 Å². The number of hydrogen-bond donors (Lipinski definition) is 0. The molecule has 4 heteroatoms.